The number of methoxy groups -OCH3 is 1. The van der Waals surface area contributed by atoms with Crippen LogP contribution in [-0.4, -0.2) is 71.3 Å². The van der Waals surface area contributed by atoms with Gasteiger partial charge in [-0.25, -0.2) is 9.97 Å². The number of anilines is 1. The van der Waals surface area contributed by atoms with Crippen LogP contribution in [0, 0.1) is 6.92 Å². The molecule has 1 aliphatic rings. The number of benzene rings is 1. The molecule has 0 aliphatic carbocycles. The van der Waals surface area contributed by atoms with Crippen molar-refractivity contribution in [2.45, 2.75) is 13.0 Å². The fourth-order valence-electron chi connectivity index (χ4n) is 3.43. The Morgan fingerprint density at radius 1 is 1.35 bits per heavy atom. The molecule has 0 spiro atoms. The van der Waals surface area contributed by atoms with Crippen LogP contribution in [0.1, 0.15) is 27.2 Å². The van der Waals surface area contributed by atoms with Crippen molar-refractivity contribution in [2.75, 3.05) is 45.8 Å². The molecule has 31 heavy (non-hydrogen) atoms. The van der Waals surface area contributed by atoms with E-state index < -0.39 is 0 Å². The zero-order chi connectivity index (χ0) is 22.0. The lowest BCUT2D eigenvalue weighted by atomic mass is 10.0. The molecule has 0 N–H and O–H groups in total. The normalized spacial score (nSPS) is 16.3. The van der Waals surface area contributed by atoms with Gasteiger partial charge in [0, 0.05) is 32.4 Å². The van der Waals surface area contributed by atoms with Crippen molar-refractivity contribution in [3.05, 3.63) is 46.7 Å². The van der Waals surface area contributed by atoms with Gasteiger partial charge in [-0.05, 0) is 36.2 Å². The summed E-state index contributed by atoms with van der Waals surface area (Å²) in [5, 5.41) is 3.96. The molecule has 2 aromatic heterocycles. The molecule has 0 bridgehead atoms. The summed E-state index contributed by atoms with van der Waals surface area (Å²) < 4.78 is 15.4. The first kappa shape index (κ1) is 21.1. The minimum Gasteiger partial charge on any atom is -0.497 e. The van der Waals surface area contributed by atoms with Gasteiger partial charge >= 0.3 is 0 Å². The fraction of sp³-hybridized carbons (Fsp3) is 0.381. The van der Waals surface area contributed by atoms with Crippen LogP contribution in [0.15, 0.2) is 30.5 Å². The Balaban J connectivity index is 1.70. The van der Waals surface area contributed by atoms with Crippen LogP contribution >= 0.6 is 11.5 Å². The van der Waals surface area contributed by atoms with Gasteiger partial charge in [0.05, 0.1) is 31.6 Å². The number of ether oxygens (including phenoxy) is 2. The highest BCUT2D eigenvalue weighted by Gasteiger charge is 2.31. The lowest BCUT2D eigenvalue weighted by molar-refractivity contribution is -0.0243. The molecule has 1 aromatic carbocycles. The van der Waals surface area contributed by atoms with E-state index in [-0.39, 0.29) is 12.0 Å². The lowest BCUT2D eigenvalue weighted by Gasteiger charge is -2.33. The number of rotatable bonds is 5. The predicted molar refractivity (Wildman–Crippen MR) is 118 cm³/mol. The van der Waals surface area contributed by atoms with Crippen LogP contribution < -0.4 is 9.64 Å². The van der Waals surface area contributed by atoms with Crippen molar-refractivity contribution in [1.29, 1.82) is 0 Å². The summed E-state index contributed by atoms with van der Waals surface area (Å²) in [6, 6.07) is 7.74. The number of amides is 1. The highest BCUT2D eigenvalue weighted by molar-refractivity contribution is 7.07. The molecule has 4 rings (SSSR count). The van der Waals surface area contributed by atoms with E-state index in [1.807, 2.05) is 43.3 Å². The molecule has 162 valence electrons. The molecule has 1 fully saturated rings. The minimum absolute atomic E-state index is 0.0781. The van der Waals surface area contributed by atoms with E-state index in [1.54, 1.807) is 25.1 Å². The third kappa shape index (κ3) is 4.35. The van der Waals surface area contributed by atoms with E-state index in [0.717, 1.165) is 34.1 Å². The summed E-state index contributed by atoms with van der Waals surface area (Å²) in [7, 11) is 5.42. The zero-order valence-corrected chi connectivity index (χ0v) is 18.7. The van der Waals surface area contributed by atoms with Crippen LogP contribution in [0.25, 0.3) is 11.1 Å². The summed E-state index contributed by atoms with van der Waals surface area (Å²) in [4.78, 5) is 26.5. The van der Waals surface area contributed by atoms with E-state index >= 15 is 0 Å². The molecular formula is C21H24N6O3S. The average molecular weight is 441 g/mol. The zero-order valence-electron chi connectivity index (χ0n) is 17.9. The summed E-state index contributed by atoms with van der Waals surface area (Å²) in [6.07, 6.45) is 1.41. The van der Waals surface area contributed by atoms with E-state index in [9.17, 15) is 4.79 Å². The first-order chi connectivity index (χ1) is 15.0. The van der Waals surface area contributed by atoms with Crippen molar-refractivity contribution in [2.24, 2.45) is 0 Å². The number of morpholine rings is 1. The number of aryl methyl sites for hydroxylation is 1. The number of nitrogens with zero attached hydrogens (tertiary/aromatic N) is 6. The predicted octanol–water partition coefficient (Wildman–Crippen LogP) is 2.59. The number of carbonyl (C=O) groups is 1. The molecule has 1 amide bonds. The molecule has 9 nitrogen and oxygen atoms in total. The first-order valence-corrected chi connectivity index (χ1v) is 10.6. The maximum Gasteiger partial charge on any atom is 0.267 e. The van der Waals surface area contributed by atoms with Crippen molar-refractivity contribution in [3.8, 4) is 16.9 Å². The third-order valence-electron chi connectivity index (χ3n) is 5.09. The van der Waals surface area contributed by atoms with Gasteiger partial charge in [-0.3, -0.25) is 4.79 Å². The van der Waals surface area contributed by atoms with E-state index in [4.69, 9.17) is 14.5 Å². The molecule has 0 saturated carbocycles. The first-order valence-electron chi connectivity index (χ1n) is 9.86. The highest BCUT2D eigenvalue weighted by Crippen LogP contribution is 2.33. The SMILES string of the molecule is COc1cccc(-c2cnc(N(C)C)nc2[C@@H]2CN(C(=O)c3snnc3C)CCO2)c1. The van der Waals surface area contributed by atoms with Gasteiger partial charge < -0.3 is 19.3 Å². The quantitative estimate of drug-likeness (QED) is 0.598. The molecule has 1 saturated heterocycles. The second-order valence-corrected chi connectivity index (χ2v) is 8.15. The Labute approximate surface area is 184 Å². The van der Waals surface area contributed by atoms with Gasteiger partial charge in [0.15, 0.2) is 0 Å². The molecule has 1 atom stereocenters. The topological polar surface area (TPSA) is 93.6 Å². The number of hydrogen-bond donors (Lipinski definition) is 0. The second-order valence-electron chi connectivity index (χ2n) is 7.39. The molecule has 0 unspecified atom stereocenters. The van der Waals surface area contributed by atoms with Gasteiger partial charge in [-0.15, -0.1) is 5.10 Å². The largest absolute Gasteiger partial charge is 0.497 e. The van der Waals surface area contributed by atoms with Gasteiger partial charge in [0.1, 0.15) is 16.7 Å². The van der Waals surface area contributed by atoms with Gasteiger partial charge in [-0.1, -0.05) is 16.6 Å². The lowest BCUT2D eigenvalue weighted by Crippen LogP contribution is -2.42. The molecule has 3 heterocycles. The van der Waals surface area contributed by atoms with E-state index in [2.05, 4.69) is 14.6 Å². The molecule has 10 heteroatoms. The molecular weight excluding hydrogens is 416 g/mol. The van der Waals surface area contributed by atoms with E-state index in [1.165, 1.54) is 0 Å². The smallest absolute Gasteiger partial charge is 0.267 e. The minimum atomic E-state index is -0.387. The van der Waals surface area contributed by atoms with Crippen molar-refractivity contribution in [1.82, 2.24) is 24.5 Å². The van der Waals surface area contributed by atoms with Crippen LogP contribution in [0.4, 0.5) is 5.95 Å². The molecule has 3 aromatic rings. The van der Waals surface area contributed by atoms with Gasteiger partial charge in [0.25, 0.3) is 5.91 Å². The molecule has 1 aliphatic heterocycles. The Morgan fingerprint density at radius 2 is 2.19 bits per heavy atom. The number of hydrogen-bond acceptors (Lipinski definition) is 9. The molecule has 0 radical (unpaired) electrons. The van der Waals surface area contributed by atoms with Gasteiger partial charge in [0.2, 0.25) is 5.95 Å². The maximum atomic E-state index is 13.0. The summed E-state index contributed by atoms with van der Waals surface area (Å²) in [5.41, 5.74) is 3.16. The highest BCUT2D eigenvalue weighted by atomic mass is 32.1. The van der Waals surface area contributed by atoms with Crippen LogP contribution in [0.3, 0.4) is 0 Å². The summed E-state index contributed by atoms with van der Waals surface area (Å²) in [5.74, 6) is 1.25. The van der Waals surface area contributed by atoms with Crippen LogP contribution in [0.5, 0.6) is 5.75 Å². The Hall–Kier alpha value is -3.11. The number of aromatic nitrogens is 4. The maximum absolute atomic E-state index is 13.0. The second kappa shape index (κ2) is 8.94. The standard InChI is InChI=1S/C21H24N6O3S/c1-13-19(31-25-24-13)20(28)27-8-9-30-17(12-27)18-16(11-22-21(23-18)26(2)3)14-6-5-7-15(10-14)29-4/h5-7,10-11,17H,8-9,12H2,1-4H3/t17-/m0/s1. The van der Waals surface area contributed by atoms with Crippen molar-refractivity contribution in [3.63, 3.8) is 0 Å². The van der Waals surface area contributed by atoms with Crippen molar-refractivity contribution >= 4 is 23.4 Å². The Kier molecular flexibility index (Phi) is 6.10. The average Bonchev–Trinajstić information content (AvgIpc) is 3.24. The number of carbonyl (C=O) groups excluding carboxylic acids is 1. The third-order valence-corrected chi connectivity index (χ3v) is 5.91. The monoisotopic (exact) mass is 440 g/mol. The van der Waals surface area contributed by atoms with Crippen LogP contribution in [-0.2, 0) is 4.74 Å². The Morgan fingerprint density at radius 3 is 2.90 bits per heavy atom. The summed E-state index contributed by atoms with van der Waals surface area (Å²) >= 11 is 1.12. The summed E-state index contributed by atoms with van der Waals surface area (Å²) in [6.45, 7) is 3.10. The van der Waals surface area contributed by atoms with E-state index in [0.29, 0.717) is 36.2 Å². The van der Waals surface area contributed by atoms with Gasteiger partial charge in [-0.2, -0.15) is 0 Å². The Bertz CT molecular complexity index is 1090. The van der Waals surface area contributed by atoms with Crippen molar-refractivity contribution < 1.29 is 14.3 Å². The van der Waals surface area contributed by atoms with Crippen LogP contribution in [0.2, 0.25) is 0 Å². The fourth-order valence-corrected chi connectivity index (χ4v) is 4.05.